The van der Waals surface area contributed by atoms with E-state index < -0.39 is 5.41 Å². The molecule has 0 fully saturated rings. The molecule has 0 saturated carbocycles. The lowest BCUT2D eigenvalue weighted by Gasteiger charge is -2.18. The molecule has 0 aliphatic heterocycles. The van der Waals surface area contributed by atoms with Crippen LogP contribution in [0.4, 0.5) is 10.7 Å². The maximum Gasteiger partial charge on any atom is 0.258 e. The Labute approximate surface area is 165 Å². The van der Waals surface area contributed by atoms with Crippen LogP contribution in [0.3, 0.4) is 0 Å². The maximum atomic E-state index is 13.2. The third-order valence-electron chi connectivity index (χ3n) is 4.95. The van der Waals surface area contributed by atoms with Crippen molar-refractivity contribution in [1.29, 1.82) is 0 Å². The number of carbonyl (C=O) groups is 2. The van der Waals surface area contributed by atoms with Crippen LogP contribution in [0.25, 0.3) is 0 Å². The van der Waals surface area contributed by atoms with Crippen LogP contribution < -0.4 is 10.6 Å². The Morgan fingerprint density at radius 1 is 1.00 bits per heavy atom. The highest BCUT2D eigenvalue weighted by atomic mass is 32.1. The third kappa shape index (κ3) is 4.41. The van der Waals surface area contributed by atoms with Crippen molar-refractivity contribution < 1.29 is 9.59 Å². The third-order valence-corrected chi connectivity index (χ3v) is 6.16. The van der Waals surface area contributed by atoms with Gasteiger partial charge in [0.25, 0.3) is 5.91 Å². The van der Waals surface area contributed by atoms with E-state index in [0.717, 1.165) is 42.5 Å². The van der Waals surface area contributed by atoms with Crippen LogP contribution in [0.15, 0.2) is 24.3 Å². The van der Waals surface area contributed by atoms with Gasteiger partial charge in [-0.05, 0) is 49.8 Å². The fourth-order valence-corrected chi connectivity index (χ4v) is 4.54. The first-order chi connectivity index (χ1) is 12.8. The van der Waals surface area contributed by atoms with Crippen molar-refractivity contribution in [1.82, 2.24) is 0 Å². The van der Waals surface area contributed by atoms with Gasteiger partial charge in [-0.25, -0.2) is 0 Å². The van der Waals surface area contributed by atoms with Crippen molar-refractivity contribution in [2.75, 3.05) is 10.6 Å². The van der Waals surface area contributed by atoms with Gasteiger partial charge in [0.2, 0.25) is 5.91 Å². The Bertz CT molecular complexity index is 862. The minimum absolute atomic E-state index is 0.0659. The van der Waals surface area contributed by atoms with Crippen molar-refractivity contribution >= 4 is 33.8 Å². The lowest BCUT2D eigenvalue weighted by molar-refractivity contribution is -0.123. The molecule has 3 rings (SSSR count). The lowest BCUT2D eigenvalue weighted by atomic mass is 9.95. The lowest BCUT2D eigenvalue weighted by Crippen LogP contribution is -2.28. The second-order valence-corrected chi connectivity index (χ2v) is 9.35. The van der Waals surface area contributed by atoms with Gasteiger partial charge >= 0.3 is 0 Å². The second-order valence-electron chi connectivity index (χ2n) is 8.24. The van der Waals surface area contributed by atoms with Gasteiger partial charge in [0.1, 0.15) is 5.00 Å². The predicted molar refractivity (Wildman–Crippen MR) is 113 cm³/mol. The van der Waals surface area contributed by atoms with Gasteiger partial charge in [-0.3, -0.25) is 9.59 Å². The predicted octanol–water partition coefficient (Wildman–Crippen LogP) is 5.56. The molecule has 144 valence electrons. The number of amides is 2. The minimum atomic E-state index is -0.509. The summed E-state index contributed by atoms with van der Waals surface area (Å²) < 4.78 is 0. The Morgan fingerprint density at radius 2 is 1.70 bits per heavy atom. The highest BCUT2D eigenvalue weighted by Gasteiger charge is 2.29. The molecule has 2 amide bonds. The van der Waals surface area contributed by atoms with Crippen molar-refractivity contribution in [3.05, 3.63) is 45.8 Å². The van der Waals surface area contributed by atoms with Gasteiger partial charge in [0, 0.05) is 16.0 Å². The van der Waals surface area contributed by atoms with Gasteiger partial charge in [0.15, 0.2) is 0 Å². The summed E-state index contributed by atoms with van der Waals surface area (Å²) in [5, 5.41) is 6.77. The summed E-state index contributed by atoms with van der Waals surface area (Å²) >= 11 is 1.57. The number of benzene rings is 1. The first-order valence-electron chi connectivity index (χ1n) is 9.60. The summed E-state index contributed by atoms with van der Waals surface area (Å²) in [5.41, 5.74) is 3.09. The molecule has 1 aliphatic rings. The zero-order valence-corrected chi connectivity index (χ0v) is 17.4. The van der Waals surface area contributed by atoms with Crippen LogP contribution in [-0.4, -0.2) is 11.8 Å². The van der Waals surface area contributed by atoms with E-state index in [4.69, 9.17) is 0 Å². The van der Waals surface area contributed by atoms with Gasteiger partial charge in [-0.15, -0.1) is 11.3 Å². The first-order valence-corrected chi connectivity index (χ1v) is 10.4. The molecule has 1 aromatic heterocycles. The fourth-order valence-electron chi connectivity index (χ4n) is 3.26. The molecule has 2 aromatic rings. The zero-order valence-electron chi connectivity index (χ0n) is 16.6. The van der Waals surface area contributed by atoms with E-state index in [1.54, 1.807) is 11.3 Å². The van der Waals surface area contributed by atoms with E-state index in [2.05, 4.69) is 10.6 Å². The number of thiophene rings is 1. The van der Waals surface area contributed by atoms with Crippen LogP contribution in [0.1, 0.15) is 66.4 Å². The SMILES string of the molecule is Cc1ccccc1NC(=O)c1c(NC(=O)C(C)(C)C)sc2c1CCCCC2. The zero-order chi connectivity index (χ0) is 19.6. The average Bonchev–Trinajstić information content (AvgIpc) is 2.77. The van der Waals surface area contributed by atoms with E-state index in [9.17, 15) is 9.59 Å². The number of para-hydroxylation sites is 1. The molecule has 4 nitrogen and oxygen atoms in total. The molecular formula is C22H28N2O2S. The smallest absolute Gasteiger partial charge is 0.258 e. The van der Waals surface area contributed by atoms with Gasteiger partial charge < -0.3 is 10.6 Å². The molecule has 0 atom stereocenters. The van der Waals surface area contributed by atoms with Crippen molar-refractivity contribution in [3.63, 3.8) is 0 Å². The summed E-state index contributed by atoms with van der Waals surface area (Å²) in [6, 6.07) is 7.76. The Morgan fingerprint density at radius 3 is 2.41 bits per heavy atom. The van der Waals surface area contributed by atoms with E-state index in [-0.39, 0.29) is 11.8 Å². The number of rotatable bonds is 3. The summed E-state index contributed by atoms with van der Waals surface area (Å²) in [6.45, 7) is 7.63. The second kappa shape index (κ2) is 7.85. The molecule has 0 saturated heterocycles. The number of nitrogens with one attached hydrogen (secondary N) is 2. The van der Waals surface area contributed by atoms with E-state index >= 15 is 0 Å². The fraction of sp³-hybridized carbons (Fsp3) is 0.455. The average molecular weight is 385 g/mol. The summed E-state index contributed by atoms with van der Waals surface area (Å²) in [7, 11) is 0. The monoisotopic (exact) mass is 384 g/mol. The van der Waals surface area contributed by atoms with Gasteiger partial charge in [-0.1, -0.05) is 45.4 Å². The number of aryl methyl sites for hydroxylation is 2. The number of anilines is 2. The molecule has 0 bridgehead atoms. The molecular weight excluding hydrogens is 356 g/mol. The van der Waals surface area contributed by atoms with E-state index in [0.29, 0.717) is 10.6 Å². The molecule has 0 radical (unpaired) electrons. The van der Waals surface area contributed by atoms with Crippen LogP contribution in [0, 0.1) is 12.3 Å². The molecule has 1 heterocycles. The van der Waals surface area contributed by atoms with E-state index in [1.165, 1.54) is 11.3 Å². The first kappa shape index (κ1) is 19.6. The van der Waals surface area contributed by atoms with Crippen LogP contribution in [-0.2, 0) is 17.6 Å². The summed E-state index contributed by atoms with van der Waals surface area (Å²) in [5.74, 6) is -0.197. The van der Waals surface area contributed by atoms with Crippen molar-refractivity contribution in [3.8, 4) is 0 Å². The molecule has 5 heteroatoms. The summed E-state index contributed by atoms with van der Waals surface area (Å²) in [4.78, 5) is 27.0. The number of hydrogen-bond acceptors (Lipinski definition) is 3. The summed E-state index contributed by atoms with van der Waals surface area (Å²) in [6.07, 6.45) is 5.29. The van der Waals surface area contributed by atoms with Crippen LogP contribution >= 0.6 is 11.3 Å². The molecule has 0 spiro atoms. The number of fused-ring (bicyclic) bond motifs is 1. The largest absolute Gasteiger partial charge is 0.322 e. The molecule has 2 N–H and O–H groups in total. The molecule has 1 aliphatic carbocycles. The number of carbonyl (C=O) groups excluding carboxylic acids is 2. The normalized spacial score (nSPS) is 14.2. The minimum Gasteiger partial charge on any atom is -0.322 e. The van der Waals surface area contributed by atoms with Gasteiger partial charge in [0.05, 0.1) is 5.56 Å². The topological polar surface area (TPSA) is 58.2 Å². The molecule has 27 heavy (non-hydrogen) atoms. The highest BCUT2D eigenvalue weighted by molar-refractivity contribution is 7.17. The van der Waals surface area contributed by atoms with Crippen molar-refractivity contribution in [2.45, 2.75) is 59.8 Å². The number of hydrogen-bond donors (Lipinski definition) is 2. The van der Waals surface area contributed by atoms with Crippen LogP contribution in [0.2, 0.25) is 0 Å². The Balaban J connectivity index is 1.98. The van der Waals surface area contributed by atoms with Crippen LogP contribution in [0.5, 0.6) is 0 Å². The Kier molecular flexibility index (Phi) is 5.70. The van der Waals surface area contributed by atoms with E-state index in [1.807, 2.05) is 52.0 Å². The standard InChI is InChI=1S/C22H28N2O2S/c1-14-10-8-9-12-16(14)23-19(25)18-15-11-6-5-7-13-17(15)27-20(18)24-21(26)22(2,3)4/h8-10,12H,5-7,11,13H2,1-4H3,(H,23,25)(H,24,26). The quantitative estimate of drug-likeness (QED) is 0.680. The van der Waals surface area contributed by atoms with Crippen molar-refractivity contribution in [2.24, 2.45) is 5.41 Å². The molecule has 1 aromatic carbocycles. The highest BCUT2D eigenvalue weighted by Crippen LogP contribution is 2.38. The molecule has 0 unspecified atom stereocenters. The van der Waals surface area contributed by atoms with Gasteiger partial charge in [-0.2, -0.15) is 0 Å². The maximum absolute atomic E-state index is 13.2. The Hall–Kier alpha value is -2.14.